The number of hydrogen-bond donors (Lipinski definition) is 1. The van der Waals surface area contributed by atoms with Gasteiger partial charge in [0.05, 0.1) is 12.5 Å². The van der Waals surface area contributed by atoms with Crippen molar-refractivity contribution in [2.45, 2.75) is 64.0 Å². The Labute approximate surface area is 141 Å². The summed E-state index contributed by atoms with van der Waals surface area (Å²) in [6, 6.07) is 0.347. The maximum atomic E-state index is 12.4. The summed E-state index contributed by atoms with van der Waals surface area (Å²) < 4.78 is 0. The van der Waals surface area contributed by atoms with Crippen molar-refractivity contribution in [1.29, 1.82) is 0 Å². The number of aromatic nitrogens is 1. The number of amides is 2. The first-order chi connectivity index (χ1) is 11.2. The minimum atomic E-state index is -0.0732. The van der Waals surface area contributed by atoms with Gasteiger partial charge in [-0.2, -0.15) is 0 Å². The van der Waals surface area contributed by atoms with E-state index in [0.29, 0.717) is 32.0 Å². The predicted molar refractivity (Wildman–Crippen MR) is 89.9 cm³/mol. The Morgan fingerprint density at radius 1 is 1.26 bits per heavy atom. The second kappa shape index (κ2) is 7.90. The second-order valence-electron chi connectivity index (χ2n) is 6.57. The third-order valence-electron chi connectivity index (χ3n) is 4.98. The molecule has 126 valence electrons. The van der Waals surface area contributed by atoms with Crippen LogP contribution in [0.1, 0.15) is 56.4 Å². The SMILES string of the molecule is O=C(NCc1nccs1)[C@H]1CCC(=O)N(C2CCCCCC2)C1. The van der Waals surface area contributed by atoms with E-state index in [4.69, 9.17) is 0 Å². The fourth-order valence-electron chi connectivity index (χ4n) is 3.66. The quantitative estimate of drug-likeness (QED) is 0.861. The van der Waals surface area contributed by atoms with Crippen LogP contribution in [0.3, 0.4) is 0 Å². The fraction of sp³-hybridized carbons (Fsp3) is 0.706. The van der Waals surface area contributed by atoms with Gasteiger partial charge < -0.3 is 10.2 Å². The molecule has 1 aliphatic heterocycles. The van der Waals surface area contributed by atoms with Crippen molar-refractivity contribution in [3.05, 3.63) is 16.6 Å². The highest BCUT2D eigenvalue weighted by atomic mass is 32.1. The summed E-state index contributed by atoms with van der Waals surface area (Å²) >= 11 is 1.55. The molecule has 2 aliphatic rings. The molecule has 1 N–H and O–H groups in total. The van der Waals surface area contributed by atoms with Crippen LogP contribution in [0.2, 0.25) is 0 Å². The summed E-state index contributed by atoms with van der Waals surface area (Å²) in [5.41, 5.74) is 0. The van der Waals surface area contributed by atoms with Gasteiger partial charge in [-0.25, -0.2) is 4.98 Å². The van der Waals surface area contributed by atoms with E-state index < -0.39 is 0 Å². The molecule has 1 saturated carbocycles. The Kier molecular flexibility index (Phi) is 5.65. The van der Waals surface area contributed by atoms with Gasteiger partial charge in [0.2, 0.25) is 11.8 Å². The number of nitrogens with one attached hydrogen (secondary N) is 1. The third-order valence-corrected chi connectivity index (χ3v) is 5.76. The smallest absolute Gasteiger partial charge is 0.225 e. The molecule has 1 aliphatic carbocycles. The lowest BCUT2D eigenvalue weighted by Crippen LogP contribution is -2.49. The molecule has 1 aromatic heterocycles. The molecular formula is C17H25N3O2S. The Balaban J connectivity index is 1.55. The van der Waals surface area contributed by atoms with Crippen LogP contribution in [0.15, 0.2) is 11.6 Å². The first-order valence-corrected chi connectivity index (χ1v) is 9.57. The van der Waals surface area contributed by atoms with Crippen LogP contribution in [0.4, 0.5) is 0 Å². The highest BCUT2D eigenvalue weighted by molar-refractivity contribution is 7.09. The lowest BCUT2D eigenvalue weighted by molar-refractivity contribution is -0.141. The van der Waals surface area contributed by atoms with E-state index >= 15 is 0 Å². The number of piperidine rings is 1. The molecule has 0 bridgehead atoms. The molecule has 1 saturated heterocycles. The minimum absolute atomic E-state index is 0.0614. The number of likely N-dealkylation sites (tertiary alicyclic amines) is 1. The van der Waals surface area contributed by atoms with Gasteiger partial charge in [0.15, 0.2) is 0 Å². The lowest BCUT2D eigenvalue weighted by atomic mass is 9.93. The summed E-state index contributed by atoms with van der Waals surface area (Å²) in [7, 11) is 0. The summed E-state index contributed by atoms with van der Waals surface area (Å²) in [5.74, 6) is 0.225. The van der Waals surface area contributed by atoms with Crippen LogP contribution < -0.4 is 5.32 Å². The van der Waals surface area contributed by atoms with E-state index in [1.165, 1.54) is 25.7 Å². The van der Waals surface area contributed by atoms with E-state index in [0.717, 1.165) is 17.8 Å². The molecule has 2 heterocycles. The summed E-state index contributed by atoms with van der Waals surface area (Å²) in [6.07, 6.45) is 10.1. The van der Waals surface area contributed by atoms with Crippen molar-refractivity contribution >= 4 is 23.2 Å². The number of rotatable bonds is 4. The lowest BCUT2D eigenvalue weighted by Gasteiger charge is -2.37. The normalized spacial score (nSPS) is 23.6. The molecule has 2 amide bonds. The third kappa shape index (κ3) is 4.31. The second-order valence-corrected chi connectivity index (χ2v) is 7.55. The van der Waals surface area contributed by atoms with Gasteiger partial charge in [-0.1, -0.05) is 25.7 Å². The zero-order chi connectivity index (χ0) is 16.1. The summed E-state index contributed by atoms with van der Waals surface area (Å²) in [6.45, 7) is 1.08. The zero-order valence-corrected chi connectivity index (χ0v) is 14.3. The average molecular weight is 335 g/mol. The van der Waals surface area contributed by atoms with Crippen molar-refractivity contribution in [1.82, 2.24) is 15.2 Å². The molecule has 0 spiro atoms. The molecule has 0 unspecified atom stereocenters. The Morgan fingerprint density at radius 3 is 2.74 bits per heavy atom. The molecular weight excluding hydrogens is 310 g/mol. The standard InChI is InChI=1S/C17H25N3O2S/c21-16-8-7-13(17(22)19-11-15-18-9-10-23-15)12-20(16)14-5-3-1-2-4-6-14/h9-10,13-14H,1-8,11-12H2,(H,19,22)/t13-/m0/s1. The Hall–Kier alpha value is -1.43. The molecule has 1 aromatic rings. The number of nitrogens with zero attached hydrogens (tertiary/aromatic N) is 2. The number of carbonyl (C=O) groups is 2. The maximum Gasteiger partial charge on any atom is 0.225 e. The van der Waals surface area contributed by atoms with E-state index in [9.17, 15) is 9.59 Å². The molecule has 5 nitrogen and oxygen atoms in total. The molecule has 0 aromatic carbocycles. The molecule has 1 atom stereocenters. The molecule has 3 rings (SSSR count). The zero-order valence-electron chi connectivity index (χ0n) is 13.5. The highest BCUT2D eigenvalue weighted by Gasteiger charge is 2.34. The van der Waals surface area contributed by atoms with Crippen molar-refractivity contribution in [3.63, 3.8) is 0 Å². The van der Waals surface area contributed by atoms with Crippen LogP contribution in [0.5, 0.6) is 0 Å². The van der Waals surface area contributed by atoms with Crippen molar-refractivity contribution < 1.29 is 9.59 Å². The Morgan fingerprint density at radius 2 is 2.04 bits per heavy atom. The molecule has 6 heteroatoms. The van der Waals surface area contributed by atoms with Gasteiger partial charge in [0, 0.05) is 30.6 Å². The van der Waals surface area contributed by atoms with Gasteiger partial charge in [-0.15, -0.1) is 11.3 Å². The summed E-state index contributed by atoms with van der Waals surface area (Å²) in [4.78, 5) is 30.9. The van der Waals surface area contributed by atoms with E-state index in [1.807, 2.05) is 10.3 Å². The van der Waals surface area contributed by atoms with E-state index in [-0.39, 0.29) is 17.7 Å². The van der Waals surface area contributed by atoms with Crippen molar-refractivity contribution in [2.24, 2.45) is 5.92 Å². The van der Waals surface area contributed by atoms with E-state index in [1.54, 1.807) is 17.5 Å². The number of hydrogen-bond acceptors (Lipinski definition) is 4. The van der Waals surface area contributed by atoms with Gasteiger partial charge in [-0.3, -0.25) is 9.59 Å². The number of thiazole rings is 1. The average Bonchev–Trinajstić information content (AvgIpc) is 2.94. The molecule has 0 radical (unpaired) electrons. The van der Waals surface area contributed by atoms with Gasteiger partial charge in [0.25, 0.3) is 0 Å². The van der Waals surface area contributed by atoms with Gasteiger partial charge >= 0.3 is 0 Å². The van der Waals surface area contributed by atoms with E-state index in [2.05, 4.69) is 10.3 Å². The predicted octanol–water partition coefficient (Wildman–Crippen LogP) is 2.72. The first kappa shape index (κ1) is 16.4. The van der Waals surface area contributed by atoms with Crippen LogP contribution in [0.25, 0.3) is 0 Å². The largest absolute Gasteiger partial charge is 0.349 e. The van der Waals surface area contributed by atoms with Crippen molar-refractivity contribution in [3.8, 4) is 0 Å². The monoisotopic (exact) mass is 335 g/mol. The topological polar surface area (TPSA) is 62.3 Å². The summed E-state index contributed by atoms with van der Waals surface area (Å²) in [5, 5.41) is 5.81. The highest BCUT2D eigenvalue weighted by Crippen LogP contribution is 2.27. The Bertz CT molecular complexity index is 524. The molecule has 23 heavy (non-hydrogen) atoms. The minimum Gasteiger partial charge on any atom is -0.349 e. The fourth-order valence-corrected chi connectivity index (χ4v) is 4.21. The van der Waals surface area contributed by atoms with Crippen LogP contribution in [-0.2, 0) is 16.1 Å². The van der Waals surface area contributed by atoms with Crippen LogP contribution in [-0.4, -0.2) is 34.3 Å². The van der Waals surface area contributed by atoms with Crippen molar-refractivity contribution in [2.75, 3.05) is 6.54 Å². The van der Waals surface area contributed by atoms with Gasteiger partial charge in [-0.05, 0) is 19.3 Å². The maximum absolute atomic E-state index is 12.4. The molecule has 2 fully saturated rings. The van der Waals surface area contributed by atoms with Gasteiger partial charge in [0.1, 0.15) is 5.01 Å². The number of carbonyl (C=O) groups excluding carboxylic acids is 2. The first-order valence-electron chi connectivity index (χ1n) is 8.69. The van der Waals surface area contributed by atoms with Crippen LogP contribution >= 0.6 is 11.3 Å². The van der Waals surface area contributed by atoms with Crippen LogP contribution in [0, 0.1) is 5.92 Å².